The summed E-state index contributed by atoms with van der Waals surface area (Å²) in [6.45, 7) is 7.60. The summed E-state index contributed by atoms with van der Waals surface area (Å²) < 4.78 is 0. The predicted octanol–water partition coefficient (Wildman–Crippen LogP) is 12.1. The molecule has 21 heteroatoms. The summed E-state index contributed by atoms with van der Waals surface area (Å²) in [5.74, 6) is -11.3. The molecule has 0 saturated heterocycles. The molecule has 0 radical (unpaired) electrons. The Hall–Kier alpha value is -17.6. The van der Waals surface area contributed by atoms with E-state index in [9.17, 15) is 98.7 Å². The first-order valence-corrected chi connectivity index (χ1v) is 38.9. The van der Waals surface area contributed by atoms with Gasteiger partial charge in [-0.25, -0.2) is 0 Å². The molecule has 15 aromatic carbocycles. The second-order valence-corrected chi connectivity index (χ2v) is 29.0. The number of rotatable bonds is 24. The average Bonchev–Trinajstić information content (AvgIpc) is 0.794. The smallest absolute Gasteiger partial charge is 0.159 e. The fourth-order valence-corrected chi connectivity index (χ4v) is 13.6. The molecular formula is C106H68NO20-9. The van der Waals surface area contributed by atoms with Crippen molar-refractivity contribution in [2.45, 2.75) is 20.8 Å². The zero-order chi connectivity index (χ0) is 90.9. The summed E-state index contributed by atoms with van der Waals surface area (Å²) in [5.41, 5.74) is 20.7. The molecule has 0 aromatic heterocycles. The van der Waals surface area contributed by atoms with Gasteiger partial charge in [0.05, 0.1) is 47.8 Å². The van der Waals surface area contributed by atoms with Crippen molar-refractivity contribution in [2.75, 3.05) is 4.90 Å². The van der Waals surface area contributed by atoms with Crippen LogP contribution < -0.4 is 50.9 Å². The van der Waals surface area contributed by atoms with Crippen LogP contribution in [-0.4, -0.2) is 65.1 Å². The monoisotopic (exact) mass is 1670 g/mol. The largest absolute Gasteiger partial charge is 0.872 e. The highest BCUT2D eigenvalue weighted by Crippen LogP contribution is 2.40. The molecule has 0 N–H and O–H groups in total. The Morgan fingerprint density at radius 3 is 0.441 bits per heavy atom. The van der Waals surface area contributed by atoms with E-state index in [4.69, 9.17) is 0 Å². The van der Waals surface area contributed by atoms with Gasteiger partial charge in [0.2, 0.25) is 0 Å². The van der Waals surface area contributed by atoms with E-state index in [1.165, 1.54) is 62.4 Å². The molecule has 0 fully saturated rings. The Morgan fingerprint density at radius 2 is 0.291 bits per heavy atom. The minimum atomic E-state index is -1.57. The zero-order valence-corrected chi connectivity index (χ0v) is 67.7. The van der Waals surface area contributed by atoms with E-state index in [2.05, 4.69) is 73.3 Å². The summed E-state index contributed by atoms with van der Waals surface area (Å²) in [7, 11) is 0. The fraction of sp³-hybridized carbons (Fsp3) is 0.0283. The average molecular weight is 1680 g/mol. The van der Waals surface area contributed by atoms with Gasteiger partial charge in [-0.15, -0.1) is 12.3 Å². The second-order valence-electron chi connectivity index (χ2n) is 29.0. The predicted molar refractivity (Wildman–Crippen MR) is 463 cm³/mol. The number of carbonyl (C=O) groups excluding carboxylic acids is 11. The standard InChI is InChI=1S/C46H32O5.C28H20O5.C22H17NO5.C10H8O5/c1-29(47)30-2-4-31(5-3-30)32-6-12-37(13-7-32)42-26-43(38-14-8-33(9-15-38)35-18-22-40(23-19-35)45(48)49)28-44(27-42)39-16-10-34(11-17-39)36-20-24-41(25-21-36)46(50)51;1-17(29)18-2-4-19(5-3-18)24-14-25(20-6-10-22(11-7-20)27(30)31)16-26(15-24)21-8-12-23(13-9-21)28(32)33;1-14(24)15-2-8-18(9-3-15)23(19-10-4-16(5-11-19)21(25)26)20-12-6-17(7-13-20)22(27)28;1-5(11)6-2-7(9(12)13)4-8(3-6)10(14)15/h2-28H,1H3,(H,48,49)(H,50,51);2-16H,1H3,(H,30,31)(H,32,33);2-13H,1H3,(H,25,26)(H,27,28);2-4,11H,1H2,(H,12,13)(H,14,15)/p-9. The highest BCUT2D eigenvalue weighted by molar-refractivity contribution is 5.99. The Kier molecular flexibility index (Phi) is 27.8. The van der Waals surface area contributed by atoms with Crippen LogP contribution in [0.15, 0.2) is 352 Å². The normalized spacial score (nSPS) is 10.5. The van der Waals surface area contributed by atoms with E-state index in [1.54, 1.807) is 140 Å². The number of ketones is 3. The summed E-state index contributed by atoms with van der Waals surface area (Å²) >= 11 is 0. The van der Waals surface area contributed by atoms with Crippen LogP contribution in [0.4, 0.5) is 17.1 Å². The molecule has 0 saturated carbocycles. The zero-order valence-electron chi connectivity index (χ0n) is 67.7. The lowest BCUT2D eigenvalue weighted by atomic mass is 9.91. The van der Waals surface area contributed by atoms with Gasteiger partial charge in [-0.05, 0) is 274 Å². The first kappa shape index (κ1) is 88.7. The van der Waals surface area contributed by atoms with Crippen LogP contribution in [0.3, 0.4) is 0 Å². The van der Waals surface area contributed by atoms with Crippen LogP contribution in [0, 0.1) is 0 Å². The van der Waals surface area contributed by atoms with Crippen molar-refractivity contribution >= 4 is 87.9 Å². The molecule has 15 aromatic rings. The van der Waals surface area contributed by atoms with Gasteiger partial charge >= 0.3 is 0 Å². The van der Waals surface area contributed by atoms with E-state index >= 15 is 0 Å². The van der Waals surface area contributed by atoms with Gasteiger partial charge in [-0.1, -0.05) is 243 Å². The topological polar surface area (TPSA) is 399 Å². The van der Waals surface area contributed by atoms with Gasteiger partial charge in [-0.3, -0.25) is 14.4 Å². The molecule has 0 atom stereocenters. The van der Waals surface area contributed by atoms with E-state index in [-0.39, 0.29) is 56.3 Å². The lowest BCUT2D eigenvalue weighted by Crippen LogP contribution is -2.26. The molecule has 127 heavy (non-hydrogen) atoms. The SMILES string of the molecule is C=C([O-])c1cc(C(=O)[O-])cc(C(=O)[O-])c1.CC(=O)c1ccc(-c2cc(-c3ccc(C(=O)[O-])cc3)cc(-c3ccc(C(=O)[O-])cc3)c2)cc1.CC(=O)c1ccc(-c2ccc(-c3cc(-c4ccc(-c5ccc(C(=O)[O-])cc5)cc4)cc(-c4ccc(-c5ccc(C(=O)[O-])cc5)cc4)c3)cc2)cc1.CC(=O)c1ccc(N(c2ccc(C(=O)[O-])cc2)c2ccc(C(=O)[O-])cc2)cc1. The molecule has 626 valence electrons. The quantitative estimate of drug-likeness (QED) is 0.0400. The first-order chi connectivity index (χ1) is 60.8. The Labute approximate surface area is 727 Å². The number of carboxylic acids is 8. The Balaban J connectivity index is 0.000000167. The van der Waals surface area contributed by atoms with Gasteiger partial charge in [0.25, 0.3) is 0 Å². The van der Waals surface area contributed by atoms with Gasteiger partial charge in [-0.2, -0.15) is 0 Å². The number of anilines is 3. The third kappa shape index (κ3) is 22.3. The van der Waals surface area contributed by atoms with Crippen molar-refractivity contribution in [3.8, 4) is 100 Å². The van der Waals surface area contributed by atoms with E-state index < -0.39 is 64.6 Å². The van der Waals surface area contributed by atoms with Crippen LogP contribution in [0.1, 0.15) is 140 Å². The van der Waals surface area contributed by atoms with Crippen molar-refractivity contribution < 1.29 is 98.7 Å². The third-order valence-corrected chi connectivity index (χ3v) is 20.6. The van der Waals surface area contributed by atoms with Crippen LogP contribution in [0.25, 0.3) is 106 Å². The molecule has 0 bridgehead atoms. The van der Waals surface area contributed by atoms with Crippen LogP contribution >= 0.6 is 0 Å². The summed E-state index contributed by atoms with van der Waals surface area (Å²) in [6.07, 6.45) is 0. The van der Waals surface area contributed by atoms with E-state index in [0.717, 1.165) is 118 Å². The van der Waals surface area contributed by atoms with Gasteiger partial charge in [0.15, 0.2) is 17.3 Å². The maximum absolute atomic E-state index is 11.7. The van der Waals surface area contributed by atoms with Gasteiger partial charge in [0.1, 0.15) is 0 Å². The number of hydrogen-bond acceptors (Lipinski definition) is 21. The summed E-state index contributed by atoms with van der Waals surface area (Å²) in [6, 6.07) is 100. The fourth-order valence-electron chi connectivity index (χ4n) is 13.6. The molecule has 0 aliphatic carbocycles. The van der Waals surface area contributed by atoms with Crippen molar-refractivity contribution in [2.24, 2.45) is 0 Å². The molecule has 0 aliphatic rings. The number of carbonyl (C=O) groups is 11. The minimum Gasteiger partial charge on any atom is -0.872 e. The van der Waals surface area contributed by atoms with Crippen molar-refractivity contribution in [3.63, 3.8) is 0 Å². The Morgan fingerprint density at radius 1 is 0.165 bits per heavy atom. The van der Waals surface area contributed by atoms with Gasteiger partial charge < -0.3 is 89.2 Å². The molecule has 0 heterocycles. The molecule has 0 aliphatic heterocycles. The first-order valence-electron chi connectivity index (χ1n) is 38.9. The van der Waals surface area contributed by atoms with Crippen LogP contribution in [0.5, 0.6) is 0 Å². The lowest BCUT2D eigenvalue weighted by Gasteiger charge is -2.26. The number of carboxylic acid groups (broad SMARTS) is 8. The molecule has 0 unspecified atom stereocenters. The van der Waals surface area contributed by atoms with Crippen molar-refractivity contribution in [3.05, 3.63) is 419 Å². The lowest BCUT2D eigenvalue weighted by molar-refractivity contribution is -0.256. The molecule has 0 spiro atoms. The van der Waals surface area contributed by atoms with Crippen LogP contribution in [-0.2, 0) is 0 Å². The highest BCUT2D eigenvalue weighted by Gasteiger charge is 2.17. The number of nitrogens with zero attached hydrogens (tertiary/aromatic N) is 1. The van der Waals surface area contributed by atoms with Crippen molar-refractivity contribution in [1.29, 1.82) is 0 Å². The minimum absolute atomic E-state index is 0.0167. The highest BCUT2D eigenvalue weighted by atomic mass is 16.4. The maximum Gasteiger partial charge on any atom is 0.159 e. The van der Waals surface area contributed by atoms with Crippen molar-refractivity contribution in [1.82, 2.24) is 0 Å². The second kappa shape index (κ2) is 39.7. The summed E-state index contributed by atoms with van der Waals surface area (Å²) in [5, 5.41) is 98.4. The van der Waals surface area contributed by atoms with Crippen LogP contribution in [0.2, 0.25) is 0 Å². The number of hydrogen-bond donors (Lipinski definition) is 0. The number of benzene rings is 15. The maximum atomic E-state index is 11.7. The number of aromatic carboxylic acids is 8. The molecular weight excluding hydrogens is 1610 g/mol. The molecule has 0 amide bonds. The Bertz CT molecular complexity index is 6020. The molecule has 15 rings (SSSR count). The summed E-state index contributed by atoms with van der Waals surface area (Å²) in [4.78, 5) is 124. The van der Waals surface area contributed by atoms with Gasteiger partial charge in [0, 0.05) is 33.8 Å². The number of Topliss-reactive ketones (excluding diaryl/α,β-unsaturated/α-hetero) is 3. The molecule has 21 nitrogen and oxygen atoms in total. The third-order valence-electron chi connectivity index (χ3n) is 20.6. The van der Waals surface area contributed by atoms with E-state index in [0.29, 0.717) is 33.8 Å². The van der Waals surface area contributed by atoms with E-state index in [1.807, 2.05) is 83.8 Å².